The molecule has 0 aliphatic carbocycles. The topological polar surface area (TPSA) is 51.2 Å². The molecule has 0 N–H and O–H groups in total. The molecular formula is AgMnO3. The van der Waals surface area contributed by atoms with Crippen molar-refractivity contribution in [2.45, 2.75) is 0 Å². The molecule has 0 radical (unpaired) electrons. The van der Waals surface area contributed by atoms with E-state index >= 15 is 0 Å². The van der Waals surface area contributed by atoms with Gasteiger partial charge in [-0.2, -0.15) is 0 Å². The predicted molar refractivity (Wildman–Crippen MR) is 2.06 cm³/mol. The van der Waals surface area contributed by atoms with E-state index < -0.39 is 14.8 Å². The molecule has 0 aromatic rings. The van der Waals surface area contributed by atoms with Gasteiger partial charge in [0.2, 0.25) is 0 Å². The van der Waals surface area contributed by atoms with Crippen molar-refractivity contribution in [3.63, 3.8) is 0 Å². The van der Waals surface area contributed by atoms with E-state index in [-0.39, 0.29) is 0 Å². The minimum absolute atomic E-state index is 1.44. The summed E-state index contributed by atoms with van der Waals surface area (Å²) in [5.41, 5.74) is 0. The maximum atomic E-state index is 8.41. The molecule has 0 unspecified atom stereocenters. The van der Waals surface area contributed by atoms with E-state index in [9.17, 15) is 0 Å². The van der Waals surface area contributed by atoms with Gasteiger partial charge in [-0.25, -0.2) is 0 Å². The third-order valence-corrected chi connectivity index (χ3v) is 0. The van der Waals surface area contributed by atoms with Gasteiger partial charge in [-0.3, -0.25) is 0 Å². The van der Waals surface area contributed by atoms with Gasteiger partial charge in [-0.05, 0) is 0 Å². The van der Waals surface area contributed by atoms with Gasteiger partial charge in [0.25, 0.3) is 0 Å². The van der Waals surface area contributed by atoms with Gasteiger partial charge in [0.1, 0.15) is 0 Å². The van der Waals surface area contributed by atoms with Crippen LogP contribution in [0.1, 0.15) is 0 Å². The number of rotatable bonds is 0. The zero-order valence-electron chi connectivity index (χ0n) is 1.90. The van der Waals surface area contributed by atoms with Crippen molar-refractivity contribution in [2.75, 3.05) is 0 Å². The predicted octanol–water partition coefficient (Wildman–Crippen LogP) is -0.361. The molecule has 0 saturated heterocycles. The van der Waals surface area contributed by atoms with Gasteiger partial charge < -0.3 is 0 Å². The average molecular weight is 211 g/mol. The Kier molecular flexibility index (Phi) is 41.6. The Bertz CT molecular complexity index is 36.2. The summed E-state index contributed by atoms with van der Waals surface area (Å²) in [6.07, 6.45) is 0. The van der Waals surface area contributed by atoms with Crippen LogP contribution in [0.4, 0.5) is 0 Å². The van der Waals surface area contributed by atoms with Crippen LogP contribution in [0.25, 0.3) is 0 Å². The van der Waals surface area contributed by atoms with E-state index in [1.807, 2.05) is 0 Å². The first kappa shape index (κ1) is 9.18. The summed E-state index contributed by atoms with van der Waals surface area (Å²) in [6.45, 7) is 0. The van der Waals surface area contributed by atoms with Crippen LogP contribution in [0.15, 0.2) is 0 Å². The normalized spacial score (nSPS) is 3.60. The van der Waals surface area contributed by atoms with E-state index in [2.05, 4.69) is 0 Å². The van der Waals surface area contributed by atoms with Gasteiger partial charge >= 0.3 is 46.8 Å². The maximum absolute atomic E-state index is 8.41. The Morgan fingerprint density at radius 2 is 1.20 bits per heavy atom. The molecule has 0 spiro atoms. The van der Waals surface area contributed by atoms with E-state index in [1.54, 1.807) is 21.0 Å². The van der Waals surface area contributed by atoms with Crippen molar-refractivity contribution in [2.24, 2.45) is 0 Å². The van der Waals surface area contributed by atoms with Gasteiger partial charge in [0, 0.05) is 0 Å². The first-order valence-electron chi connectivity index (χ1n) is 0.432. The Labute approximate surface area is 46.9 Å². The fourth-order valence-corrected chi connectivity index (χ4v) is 0. The van der Waals surface area contributed by atoms with Crippen molar-refractivity contribution in [3.8, 4) is 0 Å². The standard InChI is InChI=1S/Ag.Mn.3O. The van der Waals surface area contributed by atoms with Gasteiger partial charge in [-0.1, -0.05) is 0 Å². The van der Waals surface area contributed by atoms with E-state index in [1.165, 1.54) is 0 Å². The van der Waals surface area contributed by atoms with Crippen LogP contribution in [-0.2, 0) is 46.8 Å². The SMILES string of the molecule is [O]=[Ag].[O]=[Mn]=[O]. The van der Waals surface area contributed by atoms with E-state index in [0.717, 1.165) is 0 Å². The third-order valence-electron chi connectivity index (χ3n) is 0. The van der Waals surface area contributed by atoms with Crippen molar-refractivity contribution < 1.29 is 46.8 Å². The number of hydrogen-bond donors (Lipinski definition) is 0. The molecule has 36 valence electrons. The molecule has 0 fully saturated rings. The van der Waals surface area contributed by atoms with E-state index in [4.69, 9.17) is 10.9 Å². The second-order valence-corrected chi connectivity index (χ2v) is 0.260. The quantitative estimate of drug-likeness (QED) is 0.514. The monoisotopic (exact) mass is 210 g/mol. The average Bonchev–Trinajstić information content (AvgIpc) is 1.46. The molecule has 0 aromatic carbocycles. The van der Waals surface area contributed by atoms with Crippen molar-refractivity contribution >= 4 is 0 Å². The Morgan fingerprint density at radius 3 is 1.20 bits per heavy atom. The summed E-state index contributed by atoms with van der Waals surface area (Å²) in [7, 11) is 0. The third kappa shape index (κ3) is 75.7. The Morgan fingerprint density at radius 1 is 1.20 bits per heavy atom. The van der Waals surface area contributed by atoms with Crippen LogP contribution in [0, 0.1) is 0 Å². The second kappa shape index (κ2) is 22.7. The van der Waals surface area contributed by atoms with Crippen molar-refractivity contribution in [1.82, 2.24) is 0 Å². The first-order valence-corrected chi connectivity index (χ1v) is 2.00. The Balaban J connectivity index is 0. The fraction of sp³-hybridized carbons (Fsp3) is 0. The molecule has 0 saturated carbocycles. The molecule has 5 heteroatoms. The summed E-state index contributed by atoms with van der Waals surface area (Å²) >= 11 is 0.262. The van der Waals surface area contributed by atoms with Crippen molar-refractivity contribution in [3.05, 3.63) is 0 Å². The molecule has 3 nitrogen and oxygen atoms in total. The molecule has 0 bridgehead atoms. The van der Waals surface area contributed by atoms with Gasteiger partial charge in [0.05, 0.1) is 0 Å². The molecule has 0 aliphatic heterocycles. The minimum atomic E-state index is -1.44. The zero-order chi connectivity index (χ0) is 4.71. The summed E-state index contributed by atoms with van der Waals surface area (Å²) in [5, 5.41) is 0. The molecule has 5 heavy (non-hydrogen) atoms. The van der Waals surface area contributed by atoms with Crippen LogP contribution in [0.2, 0.25) is 0 Å². The van der Waals surface area contributed by atoms with Crippen LogP contribution < -0.4 is 0 Å². The zero-order valence-corrected chi connectivity index (χ0v) is 4.57. The van der Waals surface area contributed by atoms with Gasteiger partial charge in [-0.15, -0.1) is 0 Å². The van der Waals surface area contributed by atoms with Crippen LogP contribution >= 0.6 is 0 Å². The van der Waals surface area contributed by atoms with Crippen LogP contribution in [0.3, 0.4) is 0 Å². The molecule has 0 heterocycles. The summed E-state index contributed by atoms with van der Waals surface area (Å²) in [6, 6.07) is 0. The summed E-state index contributed by atoms with van der Waals surface area (Å²) in [4.78, 5) is 0. The molecule has 0 rings (SSSR count). The van der Waals surface area contributed by atoms with Crippen molar-refractivity contribution in [1.29, 1.82) is 0 Å². The molecule has 0 aliphatic rings. The molecular weight excluding hydrogens is 211 g/mol. The van der Waals surface area contributed by atoms with Gasteiger partial charge in [0.15, 0.2) is 0 Å². The first-order chi connectivity index (χ1) is 2.41. The Hall–Kier alpha value is 0.660. The molecule has 0 amide bonds. The molecule has 0 atom stereocenters. The van der Waals surface area contributed by atoms with E-state index in [0.29, 0.717) is 0 Å². The molecule has 0 aromatic heterocycles. The summed E-state index contributed by atoms with van der Waals surface area (Å²) in [5.74, 6) is 0. The summed E-state index contributed by atoms with van der Waals surface area (Å²) < 4.78 is 24.9. The number of hydrogen-bond acceptors (Lipinski definition) is 3. The van der Waals surface area contributed by atoms with Crippen LogP contribution in [-0.4, -0.2) is 0 Å². The fourth-order valence-electron chi connectivity index (χ4n) is 0. The van der Waals surface area contributed by atoms with Crippen LogP contribution in [0.5, 0.6) is 0 Å². The second-order valence-electron chi connectivity index (χ2n) is 0.0630.